The molecule has 2 N–H and O–H groups in total. The Bertz CT molecular complexity index is 1610. The fourth-order valence-electron chi connectivity index (χ4n) is 5.63. The molecule has 3 aromatic rings. The van der Waals surface area contributed by atoms with Crippen molar-refractivity contribution in [3.8, 4) is 17.3 Å². The first kappa shape index (κ1) is 30.7. The van der Waals surface area contributed by atoms with Gasteiger partial charge in [-0.2, -0.15) is 23.5 Å². The number of imidazole rings is 1. The minimum Gasteiger partial charge on any atom is -0.339 e. The van der Waals surface area contributed by atoms with Crippen LogP contribution in [0, 0.1) is 17.2 Å². The van der Waals surface area contributed by atoms with E-state index < -0.39 is 17.8 Å². The largest absolute Gasteiger partial charge is 0.435 e. The number of nitriles is 1. The van der Waals surface area contributed by atoms with Crippen LogP contribution >= 0.6 is 0 Å². The summed E-state index contributed by atoms with van der Waals surface area (Å²) in [5, 5.41) is 18.3. The lowest BCUT2D eigenvalue weighted by Crippen LogP contribution is -2.52. The van der Waals surface area contributed by atoms with E-state index >= 15 is 0 Å². The summed E-state index contributed by atoms with van der Waals surface area (Å²) in [6.07, 6.45) is -1.20. The number of benzene rings is 1. The molecular weight excluding hydrogens is 579 g/mol. The second kappa shape index (κ2) is 12.5. The van der Waals surface area contributed by atoms with E-state index in [9.17, 15) is 27.6 Å². The summed E-state index contributed by atoms with van der Waals surface area (Å²) in [5.74, 6) is -0.822. The van der Waals surface area contributed by atoms with E-state index in [4.69, 9.17) is 5.26 Å². The molecule has 0 spiro atoms. The van der Waals surface area contributed by atoms with E-state index in [1.165, 1.54) is 11.6 Å². The van der Waals surface area contributed by atoms with Crippen LogP contribution in [0.1, 0.15) is 45.6 Å². The molecule has 3 amide bonds. The maximum atomic E-state index is 13.6. The van der Waals surface area contributed by atoms with Crippen LogP contribution in [-0.4, -0.2) is 86.1 Å². The van der Waals surface area contributed by atoms with Crippen LogP contribution in [0.3, 0.4) is 0 Å². The zero-order chi connectivity index (χ0) is 31.6. The molecular formula is C29H32F3N9O3. The number of hydrogen-bond acceptors (Lipinski definition) is 7. The van der Waals surface area contributed by atoms with E-state index in [0.717, 1.165) is 30.0 Å². The lowest BCUT2D eigenvalue weighted by Gasteiger charge is -2.36. The number of carbonyl (C=O) groups excluding carboxylic acids is 3. The standard InChI is InChI=1S/C29H32F3N9O3/c1-3-18-14-20(4-5-21(18)28(44)40-12-10-39(11-13-40)27(43)19-6-8-34-15-19)36-26(42)25-35-16-23(38(25)2)22-17-41(9-7-33)37-24(22)29(30,31)32/h4-5,14,16-17,19,34H,3,6,8-13,15H2,1-2H3,(H,36,42)/t19-/m1/s1. The third-order valence-corrected chi connectivity index (χ3v) is 7.99. The molecule has 12 nitrogen and oxygen atoms in total. The molecule has 0 aliphatic carbocycles. The lowest BCUT2D eigenvalue weighted by molar-refractivity contribution is -0.141. The Morgan fingerprint density at radius 1 is 1.16 bits per heavy atom. The van der Waals surface area contributed by atoms with E-state index in [1.807, 2.05) is 11.8 Å². The van der Waals surface area contributed by atoms with Gasteiger partial charge in [0.15, 0.2) is 11.5 Å². The zero-order valence-electron chi connectivity index (χ0n) is 24.3. The van der Waals surface area contributed by atoms with Gasteiger partial charge in [-0.1, -0.05) is 6.92 Å². The van der Waals surface area contributed by atoms with E-state index in [-0.39, 0.29) is 41.4 Å². The summed E-state index contributed by atoms with van der Waals surface area (Å²) in [6, 6.07) is 6.68. The monoisotopic (exact) mass is 611 g/mol. The third-order valence-electron chi connectivity index (χ3n) is 7.99. The number of carbonyl (C=O) groups is 3. The van der Waals surface area contributed by atoms with Gasteiger partial charge in [0.25, 0.3) is 11.8 Å². The molecule has 4 heterocycles. The van der Waals surface area contributed by atoms with Gasteiger partial charge in [-0.05, 0) is 43.1 Å². The van der Waals surface area contributed by atoms with Crippen molar-refractivity contribution >= 4 is 23.4 Å². The van der Waals surface area contributed by atoms with Crippen molar-refractivity contribution in [3.63, 3.8) is 0 Å². The van der Waals surface area contributed by atoms with Gasteiger partial charge in [0.05, 0.1) is 29.4 Å². The van der Waals surface area contributed by atoms with Crippen molar-refractivity contribution in [1.82, 2.24) is 34.4 Å². The van der Waals surface area contributed by atoms with Crippen LogP contribution in [-0.2, 0) is 31.0 Å². The molecule has 2 aliphatic rings. The highest BCUT2D eigenvalue weighted by atomic mass is 19.4. The number of piperazine rings is 1. The van der Waals surface area contributed by atoms with Crippen LogP contribution in [0.25, 0.3) is 11.3 Å². The maximum Gasteiger partial charge on any atom is 0.435 e. The van der Waals surface area contributed by atoms with Crippen LogP contribution in [0.15, 0.2) is 30.6 Å². The molecule has 5 rings (SSSR count). The molecule has 0 unspecified atom stereocenters. The fourth-order valence-corrected chi connectivity index (χ4v) is 5.63. The normalized spacial score (nSPS) is 17.0. The number of nitrogens with one attached hydrogen (secondary N) is 2. The van der Waals surface area contributed by atoms with Gasteiger partial charge >= 0.3 is 6.18 Å². The second-order valence-electron chi connectivity index (χ2n) is 10.8. The smallest absolute Gasteiger partial charge is 0.339 e. The Morgan fingerprint density at radius 3 is 2.52 bits per heavy atom. The fraction of sp³-hybridized carbons (Fsp3) is 0.448. The third kappa shape index (κ3) is 6.16. The van der Waals surface area contributed by atoms with Crippen molar-refractivity contribution in [2.45, 2.75) is 32.5 Å². The van der Waals surface area contributed by atoms with Gasteiger partial charge in [0.2, 0.25) is 5.91 Å². The number of aromatic nitrogens is 4. The summed E-state index contributed by atoms with van der Waals surface area (Å²) in [5.41, 5.74) is 0.116. The molecule has 1 atom stereocenters. The average molecular weight is 612 g/mol. The minimum atomic E-state index is -4.78. The Balaban J connectivity index is 1.28. The highest BCUT2D eigenvalue weighted by molar-refractivity contribution is 6.03. The highest BCUT2D eigenvalue weighted by Gasteiger charge is 2.39. The Hall–Kier alpha value is -4.71. The number of halogens is 3. The van der Waals surface area contributed by atoms with Gasteiger partial charge in [0.1, 0.15) is 6.54 Å². The second-order valence-corrected chi connectivity index (χ2v) is 10.8. The topological polar surface area (TPSA) is 141 Å². The predicted molar refractivity (Wildman–Crippen MR) is 152 cm³/mol. The van der Waals surface area contributed by atoms with Crippen LogP contribution in [0.2, 0.25) is 0 Å². The predicted octanol–water partition coefficient (Wildman–Crippen LogP) is 2.53. The van der Waals surface area contributed by atoms with Gasteiger partial charge in [0, 0.05) is 57.2 Å². The lowest BCUT2D eigenvalue weighted by atomic mass is 10.0. The zero-order valence-corrected chi connectivity index (χ0v) is 24.3. The molecule has 44 heavy (non-hydrogen) atoms. The number of alkyl halides is 3. The van der Waals surface area contributed by atoms with Crippen LogP contribution in [0.4, 0.5) is 18.9 Å². The molecule has 2 saturated heterocycles. The van der Waals surface area contributed by atoms with Gasteiger partial charge in [-0.3, -0.25) is 19.1 Å². The van der Waals surface area contributed by atoms with Crippen molar-refractivity contribution in [1.29, 1.82) is 5.26 Å². The minimum absolute atomic E-state index is 0.00330. The van der Waals surface area contributed by atoms with E-state index in [2.05, 4.69) is 20.7 Å². The number of amides is 3. The SMILES string of the molecule is CCc1cc(NC(=O)c2ncc(-c3cn(CC#N)nc3C(F)(F)F)n2C)ccc1C(=O)N1CCN(C(=O)[C@@H]2CCNC2)CC1. The Labute approximate surface area is 251 Å². The number of nitrogens with zero attached hydrogens (tertiary/aromatic N) is 7. The summed E-state index contributed by atoms with van der Waals surface area (Å²) >= 11 is 0. The molecule has 0 radical (unpaired) electrons. The van der Waals surface area contributed by atoms with Crippen molar-refractivity contribution < 1.29 is 27.6 Å². The van der Waals surface area contributed by atoms with Gasteiger partial charge < -0.3 is 25.0 Å². The number of aryl methyl sites for hydroxylation is 1. The quantitative estimate of drug-likeness (QED) is 0.418. The highest BCUT2D eigenvalue weighted by Crippen LogP contribution is 2.36. The molecule has 0 saturated carbocycles. The number of hydrogen-bond donors (Lipinski definition) is 2. The first-order valence-corrected chi connectivity index (χ1v) is 14.3. The molecule has 1 aromatic carbocycles. The Kier molecular flexibility index (Phi) is 8.73. The number of anilines is 1. The first-order chi connectivity index (χ1) is 21.0. The maximum absolute atomic E-state index is 13.6. The summed E-state index contributed by atoms with van der Waals surface area (Å²) in [6.45, 7) is 4.86. The molecule has 2 aromatic heterocycles. The average Bonchev–Trinajstić information content (AvgIpc) is 3.77. The summed E-state index contributed by atoms with van der Waals surface area (Å²) in [4.78, 5) is 46.9. The van der Waals surface area contributed by atoms with E-state index in [1.54, 1.807) is 29.2 Å². The van der Waals surface area contributed by atoms with E-state index in [0.29, 0.717) is 56.0 Å². The summed E-state index contributed by atoms with van der Waals surface area (Å²) < 4.78 is 43.0. The Morgan fingerprint density at radius 2 is 1.89 bits per heavy atom. The van der Waals surface area contributed by atoms with Gasteiger partial charge in [-0.25, -0.2) is 4.98 Å². The van der Waals surface area contributed by atoms with Crippen LogP contribution < -0.4 is 10.6 Å². The molecule has 0 bridgehead atoms. The molecule has 232 valence electrons. The molecule has 2 aliphatic heterocycles. The van der Waals surface area contributed by atoms with Crippen molar-refractivity contribution in [3.05, 3.63) is 53.2 Å². The number of rotatable bonds is 7. The first-order valence-electron chi connectivity index (χ1n) is 14.3. The molecule has 15 heteroatoms. The van der Waals surface area contributed by atoms with Crippen molar-refractivity contribution in [2.24, 2.45) is 13.0 Å². The van der Waals surface area contributed by atoms with Crippen molar-refractivity contribution in [2.75, 3.05) is 44.6 Å². The summed E-state index contributed by atoms with van der Waals surface area (Å²) in [7, 11) is 1.41. The van der Waals surface area contributed by atoms with Crippen LogP contribution in [0.5, 0.6) is 0 Å². The molecule has 2 fully saturated rings. The van der Waals surface area contributed by atoms with Gasteiger partial charge in [-0.15, -0.1) is 0 Å².